The van der Waals surface area contributed by atoms with Crippen molar-refractivity contribution >= 4 is 11.8 Å². The van der Waals surface area contributed by atoms with Crippen molar-refractivity contribution in [3.8, 4) is 0 Å². The Labute approximate surface area is 145 Å². The molecule has 5 heteroatoms. The standard InChI is InChI=1S/C19H31N3O2/c1-19(2,3)24-18(23)21-16-10-12-22(13-11-16)14-15-8-6-4-5-7-9-17(15)20/h4,6,8,16,20H,5,7,9-14H2,1-3H3,(H,21,23)/b6-4?,15-8-,20-17?. The number of carbonyl (C=O) groups excluding carboxylic acids is 1. The predicted octanol–water partition coefficient (Wildman–Crippen LogP) is 3.66. The molecule has 0 bridgehead atoms. The van der Waals surface area contributed by atoms with Crippen molar-refractivity contribution in [2.75, 3.05) is 19.6 Å². The molecule has 0 radical (unpaired) electrons. The number of likely N-dealkylation sites (tertiary alicyclic amines) is 1. The minimum Gasteiger partial charge on any atom is -0.444 e. The van der Waals surface area contributed by atoms with Crippen molar-refractivity contribution in [2.45, 2.75) is 64.5 Å². The van der Waals surface area contributed by atoms with Gasteiger partial charge in [-0.3, -0.25) is 4.90 Å². The van der Waals surface area contributed by atoms with E-state index < -0.39 is 5.60 Å². The summed E-state index contributed by atoms with van der Waals surface area (Å²) in [6.07, 6.45) is 10.9. The normalized spacial score (nSPS) is 23.1. The maximum atomic E-state index is 11.8. The predicted molar refractivity (Wildman–Crippen MR) is 97.6 cm³/mol. The molecule has 0 aromatic carbocycles. The van der Waals surface area contributed by atoms with E-state index in [2.05, 4.69) is 28.4 Å². The van der Waals surface area contributed by atoms with Crippen LogP contribution >= 0.6 is 0 Å². The summed E-state index contributed by atoms with van der Waals surface area (Å²) in [5, 5.41) is 11.2. The Balaban J connectivity index is 1.78. The topological polar surface area (TPSA) is 65.4 Å². The van der Waals surface area contributed by atoms with Crippen LogP contribution in [0.3, 0.4) is 0 Å². The minimum absolute atomic E-state index is 0.182. The lowest BCUT2D eigenvalue weighted by Gasteiger charge is -2.33. The number of allylic oxidation sites excluding steroid dienone is 3. The summed E-state index contributed by atoms with van der Waals surface area (Å²) >= 11 is 0. The van der Waals surface area contributed by atoms with E-state index >= 15 is 0 Å². The van der Waals surface area contributed by atoms with E-state index in [0.717, 1.165) is 63.0 Å². The SMILES string of the molecule is CC(C)(C)OC(=O)NC1CCN(C/C2=C/C=CCCCC2=N)CC1. The highest BCUT2D eigenvalue weighted by Gasteiger charge is 2.24. The Bertz CT molecular complexity index is 509. The van der Waals surface area contributed by atoms with Crippen molar-refractivity contribution in [1.82, 2.24) is 10.2 Å². The fraction of sp³-hybridized carbons (Fsp3) is 0.684. The van der Waals surface area contributed by atoms with Crippen LogP contribution in [0.1, 0.15) is 52.9 Å². The van der Waals surface area contributed by atoms with Crippen LogP contribution in [0.2, 0.25) is 0 Å². The second-order valence-electron chi connectivity index (χ2n) is 7.69. The molecule has 1 fully saturated rings. The highest BCUT2D eigenvalue weighted by Crippen LogP contribution is 2.16. The maximum Gasteiger partial charge on any atom is 0.407 e. The zero-order chi connectivity index (χ0) is 17.6. The van der Waals surface area contributed by atoms with Gasteiger partial charge in [-0.1, -0.05) is 18.2 Å². The number of ether oxygens (including phenoxy) is 1. The molecule has 2 N–H and O–H groups in total. The first kappa shape index (κ1) is 18.7. The van der Waals surface area contributed by atoms with Gasteiger partial charge in [-0.05, 0) is 58.4 Å². The van der Waals surface area contributed by atoms with Gasteiger partial charge in [0.1, 0.15) is 5.60 Å². The summed E-state index contributed by atoms with van der Waals surface area (Å²) in [7, 11) is 0. The molecule has 0 aromatic heterocycles. The zero-order valence-electron chi connectivity index (χ0n) is 15.2. The van der Waals surface area contributed by atoms with Gasteiger partial charge in [0.2, 0.25) is 0 Å². The molecule has 0 spiro atoms. The Morgan fingerprint density at radius 3 is 2.75 bits per heavy atom. The molecule has 24 heavy (non-hydrogen) atoms. The average molecular weight is 333 g/mol. The molecular formula is C19H31N3O2. The number of carbonyl (C=O) groups is 1. The van der Waals surface area contributed by atoms with Gasteiger partial charge < -0.3 is 15.5 Å². The fourth-order valence-corrected chi connectivity index (χ4v) is 3.04. The van der Waals surface area contributed by atoms with Crippen molar-refractivity contribution in [1.29, 1.82) is 5.41 Å². The molecule has 0 aromatic rings. The van der Waals surface area contributed by atoms with E-state index in [-0.39, 0.29) is 12.1 Å². The third-order valence-electron chi connectivity index (χ3n) is 4.32. The number of hydrogen-bond acceptors (Lipinski definition) is 4. The molecule has 1 heterocycles. The monoisotopic (exact) mass is 333 g/mol. The zero-order valence-corrected chi connectivity index (χ0v) is 15.2. The lowest BCUT2D eigenvalue weighted by molar-refractivity contribution is 0.0481. The number of nitrogens with one attached hydrogen (secondary N) is 2. The van der Waals surface area contributed by atoms with Gasteiger partial charge in [0, 0.05) is 31.4 Å². The van der Waals surface area contributed by atoms with Crippen LogP contribution < -0.4 is 5.32 Å². The summed E-state index contributed by atoms with van der Waals surface area (Å²) in [5.41, 5.74) is 1.45. The van der Waals surface area contributed by atoms with Gasteiger partial charge in [-0.15, -0.1) is 0 Å². The number of nitrogens with zero attached hydrogens (tertiary/aromatic N) is 1. The lowest BCUT2D eigenvalue weighted by atomic mass is 9.99. The third-order valence-corrected chi connectivity index (χ3v) is 4.32. The van der Waals surface area contributed by atoms with Crippen LogP contribution in [0, 0.1) is 5.41 Å². The molecule has 2 rings (SSSR count). The molecule has 0 saturated carbocycles. The molecule has 0 unspecified atom stereocenters. The summed E-state index contributed by atoms with van der Waals surface area (Å²) in [6.45, 7) is 8.34. The van der Waals surface area contributed by atoms with E-state index in [9.17, 15) is 4.79 Å². The molecule has 5 nitrogen and oxygen atoms in total. The van der Waals surface area contributed by atoms with Gasteiger partial charge in [-0.2, -0.15) is 0 Å². The fourth-order valence-electron chi connectivity index (χ4n) is 3.04. The minimum atomic E-state index is -0.455. The molecule has 0 atom stereocenters. The van der Waals surface area contributed by atoms with E-state index in [0.29, 0.717) is 0 Å². The average Bonchev–Trinajstić information content (AvgIpc) is 2.47. The smallest absolute Gasteiger partial charge is 0.407 e. The third kappa shape index (κ3) is 6.48. The summed E-state index contributed by atoms with van der Waals surface area (Å²) in [4.78, 5) is 14.2. The Morgan fingerprint density at radius 2 is 2.08 bits per heavy atom. The molecule has 1 aliphatic carbocycles. The molecule has 1 amide bonds. The number of amides is 1. The number of piperidine rings is 1. The largest absolute Gasteiger partial charge is 0.444 e. The van der Waals surface area contributed by atoms with Crippen LogP contribution in [0.15, 0.2) is 23.8 Å². The quantitative estimate of drug-likeness (QED) is 0.828. The summed E-state index contributed by atoms with van der Waals surface area (Å²) in [6, 6.07) is 0.182. The lowest BCUT2D eigenvalue weighted by Crippen LogP contribution is -2.46. The van der Waals surface area contributed by atoms with E-state index in [1.807, 2.05) is 20.8 Å². The van der Waals surface area contributed by atoms with Crippen molar-refractivity contribution in [3.05, 3.63) is 23.8 Å². The first-order valence-electron chi connectivity index (χ1n) is 8.99. The van der Waals surface area contributed by atoms with Crippen molar-refractivity contribution in [2.24, 2.45) is 0 Å². The van der Waals surface area contributed by atoms with Gasteiger partial charge in [0.25, 0.3) is 0 Å². The summed E-state index contributed by atoms with van der Waals surface area (Å²) < 4.78 is 5.32. The van der Waals surface area contributed by atoms with Crippen LogP contribution in [0.5, 0.6) is 0 Å². The van der Waals surface area contributed by atoms with Gasteiger partial charge in [0.15, 0.2) is 0 Å². The molecule has 1 saturated heterocycles. The van der Waals surface area contributed by atoms with Crippen LogP contribution in [-0.2, 0) is 4.74 Å². The first-order valence-corrected chi connectivity index (χ1v) is 8.99. The van der Waals surface area contributed by atoms with Gasteiger partial charge in [-0.25, -0.2) is 4.79 Å². The Kier molecular flexibility index (Phi) is 6.60. The molecule has 1 aliphatic heterocycles. The highest BCUT2D eigenvalue weighted by molar-refractivity contribution is 5.98. The Morgan fingerprint density at radius 1 is 1.38 bits per heavy atom. The molecule has 134 valence electrons. The number of rotatable bonds is 3. The first-order chi connectivity index (χ1) is 11.3. The van der Waals surface area contributed by atoms with E-state index in [4.69, 9.17) is 10.1 Å². The molecule has 2 aliphatic rings. The van der Waals surface area contributed by atoms with Crippen molar-refractivity contribution in [3.63, 3.8) is 0 Å². The summed E-state index contributed by atoms with van der Waals surface area (Å²) in [5.74, 6) is 0. The van der Waals surface area contributed by atoms with Gasteiger partial charge >= 0.3 is 6.09 Å². The molecular weight excluding hydrogens is 302 g/mol. The number of alkyl carbamates (subject to hydrolysis) is 1. The van der Waals surface area contributed by atoms with E-state index in [1.165, 1.54) is 0 Å². The Hall–Kier alpha value is -1.62. The van der Waals surface area contributed by atoms with Crippen LogP contribution in [0.25, 0.3) is 0 Å². The van der Waals surface area contributed by atoms with Crippen LogP contribution in [0.4, 0.5) is 4.79 Å². The van der Waals surface area contributed by atoms with Crippen LogP contribution in [-0.4, -0.2) is 48.0 Å². The highest BCUT2D eigenvalue weighted by atomic mass is 16.6. The second-order valence-corrected chi connectivity index (χ2v) is 7.69. The van der Waals surface area contributed by atoms with Gasteiger partial charge in [0.05, 0.1) is 0 Å². The maximum absolute atomic E-state index is 11.8. The number of hydrogen-bond donors (Lipinski definition) is 2. The van der Waals surface area contributed by atoms with Crippen molar-refractivity contribution < 1.29 is 9.53 Å². The second kappa shape index (κ2) is 8.47. The van der Waals surface area contributed by atoms with E-state index in [1.54, 1.807) is 0 Å².